The molecule has 0 radical (unpaired) electrons. The first-order chi connectivity index (χ1) is 5.74. The monoisotopic (exact) mass is 168 g/mol. The smallest absolute Gasteiger partial charge is 0.354 e. The molecule has 0 saturated heterocycles. The summed E-state index contributed by atoms with van der Waals surface area (Å²) in [4.78, 5) is 18.4. The number of aromatic nitrogens is 1. The topological polar surface area (TPSA) is 85.4 Å². The molecule has 0 unspecified atom stereocenters. The molecule has 5 nitrogen and oxygen atoms in total. The van der Waals surface area contributed by atoms with E-state index in [0.29, 0.717) is 5.56 Å². The minimum atomic E-state index is -1.06. The van der Waals surface area contributed by atoms with Crippen molar-refractivity contribution in [2.24, 2.45) is 5.90 Å². The molecule has 64 valence electrons. The fraction of sp³-hybridized carbons (Fsp3) is 0.143. The Morgan fingerprint density at radius 3 is 3.08 bits per heavy atom. The minimum Gasteiger partial charge on any atom is -0.477 e. The number of aromatic carboxylic acids is 1. The van der Waals surface area contributed by atoms with Gasteiger partial charge in [-0.15, -0.1) is 0 Å². The van der Waals surface area contributed by atoms with E-state index in [1.807, 2.05) is 0 Å². The Morgan fingerprint density at radius 2 is 2.50 bits per heavy atom. The molecule has 12 heavy (non-hydrogen) atoms. The fourth-order valence-corrected chi connectivity index (χ4v) is 0.777. The maximum absolute atomic E-state index is 10.4. The highest BCUT2D eigenvalue weighted by Crippen LogP contribution is 2.02. The lowest BCUT2D eigenvalue weighted by Crippen LogP contribution is -2.03. The van der Waals surface area contributed by atoms with Gasteiger partial charge < -0.3 is 5.11 Å². The van der Waals surface area contributed by atoms with Gasteiger partial charge in [-0.3, -0.25) is 4.84 Å². The molecule has 5 heteroatoms. The number of hydrogen-bond acceptors (Lipinski definition) is 4. The third kappa shape index (κ3) is 2.01. The molecule has 1 aromatic heterocycles. The molecule has 0 fully saturated rings. The van der Waals surface area contributed by atoms with Gasteiger partial charge in [-0.1, -0.05) is 0 Å². The van der Waals surface area contributed by atoms with Crippen LogP contribution in [-0.4, -0.2) is 16.1 Å². The predicted molar refractivity (Wildman–Crippen MR) is 40.2 cm³/mol. The maximum Gasteiger partial charge on any atom is 0.354 e. The first kappa shape index (κ1) is 8.63. The van der Waals surface area contributed by atoms with Crippen molar-refractivity contribution in [3.8, 4) is 0 Å². The summed E-state index contributed by atoms with van der Waals surface area (Å²) in [5.74, 6) is 3.76. The highest BCUT2D eigenvalue weighted by Gasteiger charge is 2.03. The van der Waals surface area contributed by atoms with Crippen LogP contribution in [0.5, 0.6) is 0 Å². The molecule has 0 spiro atoms. The Morgan fingerprint density at radius 1 is 1.75 bits per heavy atom. The first-order valence-corrected chi connectivity index (χ1v) is 3.24. The summed E-state index contributed by atoms with van der Waals surface area (Å²) in [6.07, 6.45) is 1.40. The molecule has 1 rings (SSSR count). The molecule has 0 bridgehead atoms. The van der Waals surface area contributed by atoms with Gasteiger partial charge in [-0.2, -0.15) is 0 Å². The van der Waals surface area contributed by atoms with Crippen molar-refractivity contribution in [1.82, 2.24) is 4.98 Å². The van der Waals surface area contributed by atoms with Gasteiger partial charge in [0.15, 0.2) is 0 Å². The summed E-state index contributed by atoms with van der Waals surface area (Å²) < 4.78 is 0. The van der Waals surface area contributed by atoms with Crippen LogP contribution in [0.4, 0.5) is 0 Å². The number of nitrogens with two attached hydrogens (primary N) is 1. The number of carboxylic acids is 1. The minimum absolute atomic E-state index is 0.00968. The Kier molecular flexibility index (Phi) is 2.73. The van der Waals surface area contributed by atoms with Gasteiger partial charge in [0.05, 0.1) is 6.61 Å². The molecule has 0 aromatic carbocycles. The number of hydrogen-bond donors (Lipinski definition) is 2. The Bertz CT molecular complexity index is 288. The summed E-state index contributed by atoms with van der Waals surface area (Å²) in [5, 5.41) is 8.54. The molecule has 1 aromatic rings. The standard InChI is InChI=1S/C7H8N2O3/c8-12-4-5-1-2-9-6(3-5)7(10)11/h1-3H,4,8H2,(H,10,11). The SMILES string of the molecule is NOCc1ccnc(C(=O)O)c1. The average Bonchev–Trinajstić information content (AvgIpc) is 2.05. The van der Waals surface area contributed by atoms with Crippen LogP contribution in [0.15, 0.2) is 18.3 Å². The average molecular weight is 168 g/mol. The van der Waals surface area contributed by atoms with Gasteiger partial charge in [0.1, 0.15) is 5.69 Å². The molecular weight excluding hydrogens is 160 g/mol. The van der Waals surface area contributed by atoms with Crippen molar-refractivity contribution in [2.75, 3.05) is 0 Å². The second-order valence-corrected chi connectivity index (χ2v) is 2.17. The predicted octanol–water partition coefficient (Wildman–Crippen LogP) is 0.170. The van der Waals surface area contributed by atoms with Gasteiger partial charge in [-0.25, -0.2) is 15.7 Å². The maximum atomic E-state index is 10.4. The summed E-state index contributed by atoms with van der Waals surface area (Å²) >= 11 is 0. The van der Waals surface area contributed by atoms with Gasteiger partial charge in [-0.05, 0) is 17.7 Å². The van der Waals surface area contributed by atoms with Gasteiger partial charge in [0.2, 0.25) is 0 Å². The molecule has 0 aliphatic heterocycles. The van der Waals surface area contributed by atoms with Crippen molar-refractivity contribution in [3.63, 3.8) is 0 Å². The molecular formula is C7H8N2O3. The third-order valence-electron chi connectivity index (χ3n) is 1.29. The number of carbonyl (C=O) groups is 1. The summed E-state index contributed by atoms with van der Waals surface area (Å²) in [6.45, 7) is 0.183. The number of nitrogens with zero attached hydrogens (tertiary/aromatic N) is 1. The highest BCUT2D eigenvalue weighted by atomic mass is 16.6. The molecule has 0 atom stereocenters. The molecule has 0 amide bonds. The number of carboxylic acid groups (broad SMARTS) is 1. The van der Waals surface area contributed by atoms with Crippen LogP contribution in [0.1, 0.15) is 16.1 Å². The highest BCUT2D eigenvalue weighted by molar-refractivity contribution is 5.85. The van der Waals surface area contributed by atoms with Crippen LogP contribution in [0, 0.1) is 0 Å². The van der Waals surface area contributed by atoms with Crippen LogP contribution in [-0.2, 0) is 11.4 Å². The molecule has 3 N–H and O–H groups in total. The van der Waals surface area contributed by atoms with Crippen molar-refractivity contribution in [2.45, 2.75) is 6.61 Å². The van der Waals surface area contributed by atoms with Crippen LogP contribution in [0.3, 0.4) is 0 Å². The molecule has 0 aliphatic rings. The van der Waals surface area contributed by atoms with Crippen molar-refractivity contribution < 1.29 is 14.7 Å². The van der Waals surface area contributed by atoms with E-state index in [0.717, 1.165) is 0 Å². The fourth-order valence-electron chi connectivity index (χ4n) is 0.777. The van der Waals surface area contributed by atoms with Crippen LogP contribution in [0.2, 0.25) is 0 Å². The van der Waals surface area contributed by atoms with E-state index in [4.69, 9.17) is 11.0 Å². The zero-order valence-corrected chi connectivity index (χ0v) is 6.23. The Hall–Kier alpha value is -1.46. The Labute approximate surface area is 68.7 Å². The second kappa shape index (κ2) is 3.80. The van der Waals surface area contributed by atoms with Crippen LogP contribution >= 0.6 is 0 Å². The Balaban J connectivity index is 2.88. The summed E-state index contributed by atoms with van der Waals surface area (Å²) in [7, 11) is 0. The summed E-state index contributed by atoms with van der Waals surface area (Å²) in [6, 6.07) is 3.05. The molecule has 0 aliphatic carbocycles. The summed E-state index contributed by atoms with van der Waals surface area (Å²) in [5.41, 5.74) is 0.675. The number of pyridine rings is 1. The molecule has 1 heterocycles. The van der Waals surface area contributed by atoms with E-state index < -0.39 is 5.97 Å². The lowest BCUT2D eigenvalue weighted by Gasteiger charge is -1.98. The van der Waals surface area contributed by atoms with Crippen molar-refractivity contribution >= 4 is 5.97 Å². The van der Waals surface area contributed by atoms with E-state index in [-0.39, 0.29) is 12.3 Å². The largest absolute Gasteiger partial charge is 0.477 e. The normalized spacial score (nSPS) is 9.75. The van der Waals surface area contributed by atoms with E-state index in [2.05, 4.69) is 9.82 Å². The first-order valence-electron chi connectivity index (χ1n) is 3.24. The molecule has 0 saturated carbocycles. The van der Waals surface area contributed by atoms with E-state index in [9.17, 15) is 4.79 Å². The van der Waals surface area contributed by atoms with Gasteiger partial charge in [0, 0.05) is 6.20 Å². The second-order valence-electron chi connectivity index (χ2n) is 2.17. The zero-order chi connectivity index (χ0) is 8.97. The van der Waals surface area contributed by atoms with Gasteiger partial charge in [0.25, 0.3) is 0 Å². The number of rotatable bonds is 3. The zero-order valence-electron chi connectivity index (χ0n) is 6.23. The van der Waals surface area contributed by atoms with Crippen molar-refractivity contribution in [1.29, 1.82) is 0 Å². The van der Waals surface area contributed by atoms with Gasteiger partial charge >= 0.3 is 5.97 Å². The lowest BCUT2D eigenvalue weighted by atomic mass is 10.2. The van der Waals surface area contributed by atoms with Crippen LogP contribution < -0.4 is 5.90 Å². The van der Waals surface area contributed by atoms with E-state index in [1.54, 1.807) is 6.07 Å². The quantitative estimate of drug-likeness (QED) is 0.628. The van der Waals surface area contributed by atoms with Crippen molar-refractivity contribution in [3.05, 3.63) is 29.6 Å². The third-order valence-corrected chi connectivity index (χ3v) is 1.29. The van der Waals surface area contributed by atoms with Crippen LogP contribution in [0.25, 0.3) is 0 Å². The van der Waals surface area contributed by atoms with E-state index in [1.165, 1.54) is 12.3 Å². The lowest BCUT2D eigenvalue weighted by molar-refractivity contribution is 0.0689. The van der Waals surface area contributed by atoms with E-state index >= 15 is 0 Å².